The molecule has 26 heavy (non-hydrogen) atoms. The standard InChI is InChI=1S/C19H23Cl2N3OS/c1-24-17(11-18(25)22-16-9-13(20)8-14(21)10-16)12-26-19(24)23-15-6-4-2-3-5-7-15/h8-10,12,15H,2-7,11H2,1H3,(H,22,25). The number of hydrogen-bond acceptors (Lipinski definition) is 3. The minimum absolute atomic E-state index is 0.0993. The third-order valence-electron chi connectivity index (χ3n) is 4.62. The number of halogens is 2. The maximum absolute atomic E-state index is 12.4. The number of carbonyl (C=O) groups is 1. The van der Waals surface area contributed by atoms with Crippen molar-refractivity contribution in [2.24, 2.45) is 12.0 Å². The molecule has 140 valence electrons. The van der Waals surface area contributed by atoms with Gasteiger partial charge in [-0.05, 0) is 31.0 Å². The van der Waals surface area contributed by atoms with Crippen LogP contribution in [0.2, 0.25) is 10.0 Å². The van der Waals surface area contributed by atoms with Crippen LogP contribution in [0.3, 0.4) is 0 Å². The highest BCUT2D eigenvalue weighted by Crippen LogP contribution is 2.23. The molecule has 1 aliphatic carbocycles. The molecule has 0 spiro atoms. The van der Waals surface area contributed by atoms with Crippen LogP contribution in [0.15, 0.2) is 28.6 Å². The van der Waals surface area contributed by atoms with Crippen LogP contribution in [-0.2, 0) is 18.3 Å². The van der Waals surface area contributed by atoms with Gasteiger partial charge in [-0.3, -0.25) is 9.79 Å². The summed E-state index contributed by atoms with van der Waals surface area (Å²) in [5.41, 5.74) is 1.56. The Bertz CT molecular complexity index is 815. The molecule has 3 rings (SSSR count). The van der Waals surface area contributed by atoms with Crippen LogP contribution in [0.5, 0.6) is 0 Å². The summed E-state index contributed by atoms with van der Waals surface area (Å²) in [5, 5.41) is 5.86. The predicted octanol–water partition coefficient (Wildman–Crippen LogP) is 5.20. The van der Waals surface area contributed by atoms with Gasteiger partial charge < -0.3 is 9.88 Å². The Morgan fingerprint density at radius 3 is 2.50 bits per heavy atom. The lowest BCUT2D eigenvalue weighted by Gasteiger charge is -2.08. The first-order chi connectivity index (χ1) is 12.5. The predicted molar refractivity (Wildman–Crippen MR) is 109 cm³/mol. The summed E-state index contributed by atoms with van der Waals surface area (Å²) in [4.78, 5) is 18.3. The monoisotopic (exact) mass is 411 g/mol. The number of carbonyl (C=O) groups excluding carboxylic acids is 1. The Hall–Kier alpha value is -1.30. The number of benzene rings is 1. The van der Waals surface area contributed by atoms with E-state index in [1.807, 2.05) is 17.0 Å². The SMILES string of the molecule is Cn1c(CC(=O)Nc2cc(Cl)cc(Cl)c2)csc1=NC1CCCCCC1. The summed E-state index contributed by atoms with van der Waals surface area (Å²) in [7, 11) is 1.98. The quantitative estimate of drug-likeness (QED) is 0.690. The Kier molecular flexibility index (Phi) is 6.79. The third kappa shape index (κ3) is 5.35. The number of rotatable bonds is 4. The zero-order valence-electron chi connectivity index (χ0n) is 14.8. The number of thiazole rings is 1. The molecule has 1 saturated carbocycles. The molecule has 2 aromatic rings. The summed E-state index contributed by atoms with van der Waals surface area (Å²) >= 11 is 13.6. The highest BCUT2D eigenvalue weighted by Gasteiger charge is 2.13. The molecule has 1 aromatic heterocycles. The molecule has 0 atom stereocenters. The van der Waals surface area contributed by atoms with E-state index in [9.17, 15) is 4.79 Å². The van der Waals surface area contributed by atoms with Crippen LogP contribution < -0.4 is 10.1 Å². The van der Waals surface area contributed by atoms with E-state index in [1.165, 1.54) is 38.5 Å². The summed E-state index contributed by atoms with van der Waals surface area (Å²) in [6.07, 6.45) is 7.80. The first-order valence-electron chi connectivity index (χ1n) is 8.94. The van der Waals surface area contributed by atoms with Gasteiger partial charge >= 0.3 is 0 Å². The molecular formula is C19H23Cl2N3OS. The number of aromatic nitrogens is 1. The molecule has 7 heteroatoms. The average Bonchev–Trinajstić information content (AvgIpc) is 2.76. The van der Waals surface area contributed by atoms with Crippen LogP contribution in [0, 0.1) is 0 Å². The lowest BCUT2D eigenvalue weighted by molar-refractivity contribution is -0.115. The van der Waals surface area contributed by atoms with Crippen LogP contribution in [0.1, 0.15) is 44.2 Å². The molecule has 0 radical (unpaired) electrons. The fourth-order valence-electron chi connectivity index (χ4n) is 3.22. The molecule has 1 aliphatic rings. The van der Waals surface area contributed by atoms with Gasteiger partial charge in [0.25, 0.3) is 0 Å². The highest BCUT2D eigenvalue weighted by molar-refractivity contribution is 7.07. The summed E-state index contributed by atoms with van der Waals surface area (Å²) < 4.78 is 2.03. The minimum atomic E-state index is -0.0993. The molecule has 0 unspecified atom stereocenters. The minimum Gasteiger partial charge on any atom is -0.326 e. The van der Waals surface area contributed by atoms with Crippen molar-refractivity contribution in [3.63, 3.8) is 0 Å². The number of hydrogen-bond donors (Lipinski definition) is 1. The average molecular weight is 412 g/mol. The zero-order chi connectivity index (χ0) is 18.5. The smallest absolute Gasteiger partial charge is 0.230 e. The fourth-order valence-corrected chi connectivity index (χ4v) is 4.71. The molecule has 0 aliphatic heterocycles. The second-order valence-electron chi connectivity index (χ2n) is 6.73. The molecule has 1 amide bonds. The fraction of sp³-hybridized carbons (Fsp3) is 0.474. The van der Waals surface area contributed by atoms with Crippen molar-refractivity contribution in [3.05, 3.63) is 44.1 Å². The Morgan fingerprint density at radius 1 is 1.19 bits per heavy atom. The molecule has 4 nitrogen and oxygen atoms in total. The largest absolute Gasteiger partial charge is 0.326 e. The first-order valence-corrected chi connectivity index (χ1v) is 10.6. The normalized spacial score (nSPS) is 16.5. The van der Waals surface area contributed by atoms with Crippen molar-refractivity contribution in [2.45, 2.75) is 51.0 Å². The Morgan fingerprint density at radius 2 is 1.85 bits per heavy atom. The maximum atomic E-state index is 12.4. The van der Waals surface area contributed by atoms with E-state index in [0.29, 0.717) is 21.8 Å². The zero-order valence-corrected chi connectivity index (χ0v) is 17.1. The van der Waals surface area contributed by atoms with Gasteiger partial charge in [-0.2, -0.15) is 0 Å². The van der Waals surface area contributed by atoms with Crippen LogP contribution >= 0.6 is 34.5 Å². The van der Waals surface area contributed by atoms with E-state index in [-0.39, 0.29) is 12.3 Å². The van der Waals surface area contributed by atoms with Crippen molar-refractivity contribution in [2.75, 3.05) is 5.32 Å². The Labute approximate surface area is 167 Å². The summed E-state index contributed by atoms with van der Waals surface area (Å²) in [6.45, 7) is 0. The van der Waals surface area contributed by atoms with Gasteiger partial charge in [-0.25, -0.2) is 0 Å². The lowest BCUT2D eigenvalue weighted by atomic mass is 10.1. The van der Waals surface area contributed by atoms with Gasteiger partial charge in [-0.1, -0.05) is 48.9 Å². The van der Waals surface area contributed by atoms with E-state index in [2.05, 4.69) is 5.32 Å². The summed E-state index contributed by atoms with van der Waals surface area (Å²) in [6, 6.07) is 5.42. The molecule has 0 bridgehead atoms. The van der Waals surface area contributed by atoms with Gasteiger partial charge in [-0.15, -0.1) is 11.3 Å². The molecule has 1 aromatic carbocycles. The third-order valence-corrected chi connectivity index (χ3v) is 6.04. The van der Waals surface area contributed by atoms with Crippen molar-refractivity contribution >= 4 is 46.1 Å². The highest BCUT2D eigenvalue weighted by atomic mass is 35.5. The molecule has 1 fully saturated rings. The lowest BCUT2D eigenvalue weighted by Crippen LogP contribution is -2.21. The molecule has 1 N–H and O–H groups in total. The number of nitrogens with one attached hydrogen (secondary N) is 1. The van der Waals surface area contributed by atoms with Crippen molar-refractivity contribution in [1.29, 1.82) is 0 Å². The van der Waals surface area contributed by atoms with Crippen LogP contribution in [0.25, 0.3) is 0 Å². The number of anilines is 1. The van der Waals surface area contributed by atoms with Crippen molar-refractivity contribution in [3.8, 4) is 0 Å². The van der Waals surface area contributed by atoms with Crippen LogP contribution in [0.4, 0.5) is 5.69 Å². The summed E-state index contributed by atoms with van der Waals surface area (Å²) in [5.74, 6) is -0.0993. The van der Waals surface area contributed by atoms with E-state index >= 15 is 0 Å². The second-order valence-corrected chi connectivity index (χ2v) is 8.44. The van der Waals surface area contributed by atoms with E-state index in [1.54, 1.807) is 29.5 Å². The topological polar surface area (TPSA) is 46.4 Å². The van der Waals surface area contributed by atoms with Gasteiger partial charge in [0.1, 0.15) is 0 Å². The van der Waals surface area contributed by atoms with E-state index < -0.39 is 0 Å². The van der Waals surface area contributed by atoms with Gasteiger partial charge in [0.05, 0.1) is 12.5 Å². The van der Waals surface area contributed by atoms with Crippen molar-refractivity contribution < 1.29 is 4.79 Å². The maximum Gasteiger partial charge on any atom is 0.230 e. The molecular weight excluding hydrogens is 389 g/mol. The van der Waals surface area contributed by atoms with E-state index in [4.69, 9.17) is 28.2 Å². The van der Waals surface area contributed by atoms with Gasteiger partial charge in [0.15, 0.2) is 4.80 Å². The van der Waals surface area contributed by atoms with E-state index in [0.717, 1.165) is 10.5 Å². The van der Waals surface area contributed by atoms with Gasteiger partial charge in [0, 0.05) is 33.9 Å². The Balaban J connectivity index is 1.68. The molecule has 0 saturated heterocycles. The second kappa shape index (κ2) is 9.07. The number of nitrogens with zero attached hydrogens (tertiary/aromatic N) is 2. The van der Waals surface area contributed by atoms with Crippen LogP contribution in [-0.4, -0.2) is 16.5 Å². The van der Waals surface area contributed by atoms with Gasteiger partial charge in [0.2, 0.25) is 5.91 Å². The first kappa shape index (κ1) is 19.5. The number of amides is 1. The van der Waals surface area contributed by atoms with Crippen molar-refractivity contribution in [1.82, 2.24) is 4.57 Å². The molecule has 1 heterocycles.